The Labute approximate surface area is 94.6 Å². The van der Waals surface area contributed by atoms with Gasteiger partial charge < -0.3 is 10.5 Å². The number of anilines is 1. The van der Waals surface area contributed by atoms with Gasteiger partial charge in [-0.1, -0.05) is 6.07 Å². The van der Waals surface area contributed by atoms with Gasteiger partial charge in [-0.05, 0) is 17.7 Å². The number of carboxylic acids is 1. The van der Waals surface area contributed by atoms with E-state index in [-0.39, 0.29) is 12.1 Å². The topological polar surface area (TPSA) is 52.6 Å². The largest absolute Gasteiger partial charge is 0.478 e. The lowest BCUT2D eigenvalue weighted by Gasteiger charge is -2.17. The van der Waals surface area contributed by atoms with Gasteiger partial charge in [0, 0.05) is 6.54 Å². The number of rotatable bonds is 2. The molecule has 0 atom stereocenters. The predicted octanol–water partition coefficient (Wildman–Crippen LogP) is 2.09. The Morgan fingerprint density at radius 3 is 2.76 bits per heavy atom. The molecule has 7 heteroatoms. The van der Waals surface area contributed by atoms with E-state index in [1.165, 1.54) is 18.2 Å². The van der Waals surface area contributed by atoms with E-state index >= 15 is 0 Å². The number of hydrazine groups is 1. The third kappa shape index (κ3) is 2.68. The number of fused-ring (bicyclic) bond motifs is 1. The van der Waals surface area contributed by atoms with Crippen LogP contribution >= 0.6 is 0 Å². The minimum Gasteiger partial charge on any atom is -0.478 e. The monoisotopic (exact) mass is 246 g/mol. The molecule has 1 aliphatic heterocycles. The maximum absolute atomic E-state index is 12.2. The normalized spacial score (nSPS) is 15.5. The van der Waals surface area contributed by atoms with Crippen molar-refractivity contribution in [1.82, 2.24) is 5.01 Å². The van der Waals surface area contributed by atoms with E-state index in [4.69, 9.17) is 5.11 Å². The van der Waals surface area contributed by atoms with E-state index in [0.717, 1.165) is 5.01 Å². The number of halogens is 3. The molecule has 1 aliphatic rings. The van der Waals surface area contributed by atoms with Gasteiger partial charge in [0.05, 0.1) is 11.3 Å². The van der Waals surface area contributed by atoms with E-state index in [2.05, 4.69) is 5.43 Å². The zero-order valence-corrected chi connectivity index (χ0v) is 8.58. The van der Waals surface area contributed by atoms with Crippen LogP contribution in [0, 0.1) is 0 Å². The Morgan fingerprint density at radius 2 is 2.18 bits per heavy atom. The molecule has 1 heterocycles. The van der Waals surface area contributed by atoms with E-state index in [0.29, 0.717) is 11.3 Å². The highest BCUT2D eigenvalue weighted by Crippen LogP contribution is 2.28. The number of hydrogen-bond acceptors (Lipinski definition) is 3. The van der Waals surface area contributed by atoms with Crippen molar-refractivity contribution >= 4 is 11.7 Å². The summed E-state index contributed by atoms with van der Waals surface area (Å²) < 4.78 is 36.5. The zero-order chi connectivity index (χ0) is 12.6. The van der Waals surface area contributed by atoms with Crippen LogP contribution in [0.3, 0.4) is 0 Å². The molecule has 1 aromatic rings. The van der Waals surface area contributed by atoms with Crippen LogP contribution in [0.1, 0.15) is 15.9 Å². The van der Waals surface area contributed by atoms with Crippen molar-refractivity contribution in [2.24, 2.45) is 0 Å². The SMILES string of the molecule is O=C(O)c1ccc2c(c1)NN(CC(F)(F)F)C2. The Kier molecular flexibility index (Phi) is 2.70. The van der Waals surface area contributed by atoms with Crippen molar-refractivity contribution in [3.05, 3.63) is 29.3 Å². The van der Waals surface area contributed by atoms with Gasteiger partial charge in [0.1, 0.15) is 6.54 Å². The van der Waals surface area contributed by atoms with Crippen LogP contribution in [0.2, 0.25) is 0 Å². The van der Waals surface area contributed by atoms with Gasteiger partial charge in [-0.3, -0.25) is 0 Å². The van der Waals surface area contributed by atoms with Crippen molar-refractivity contribution in [2.45, 2.75) is 12.7 Å². The van der Waals surface area contributed by atoms with Crippen LogP contribution in [-0.4, -0.2) is 28.8 Å². The first-order valence-corrected chi connectivity index (χ1v) is 4.80. The van der Waals surface area contributed by atoms with E-state index in [9.17, 15) is 18.0 Å². The number of nitrogens with zero attached hydrogens (tertiary/aromatic N) is 1. The molecule has 0 saturated carbocycles. The van der Waals surface area contributed by atoms with Crippen LogP contribution in [0.5, 0.6) is 0 Å². The van der Waals surface area contributed by atoms with Gasteiger partial charge in [0.25, 0.3) is 0 Å². The van der Waals surface area contributed by atoms with E-state index in [1.54, 1.807) is 0 Å². The lowest BCUT2D eigenvalue weighted by Crippen LogP contribution is -2.34. The molecule has 0 amide bonds. The van der Waals surface area contributed by atoms with Gasteiger partial charge in [0.15, 0.2) is 0 Å². The molecule has 0 fully saturated rings. The maximum atomic E-state index is 12.2. The number of carboxylic acid groups (broad SMARTS) is 1. The summed E-state index contributed by atoms with van der Waals surface area (Å²) in [5.74, 6) is -1.11. The highest BCUT2D eigenvalue weighted by Gasteiger charge is 2.33. The van der Waals surface area contributed by atoms with Crippen LogP contribution < -0.4 is 5.43 Å². The van der Waals surface area contributed by atoms with Gasteiger partial charge in [-0.25, -0.2) is 9.80 Å². The Hall–Kier alpha value is -1.76. The number of benzene rings is 1. The van der Waals surface area contributed by atoms with Crippen LogP contribution in [0.25, 0.3) is 0 Å². The number of nitrogens with one attached hydrogen (secondary N) is 1. The molecule has 17 heavy (non-hydrogen) atoms. The minimum absolute atomic E-state index is 0.0464. The van der Waals surface area contributed by atoms with Crippen molar-refractivity contribution in [1.29, 1.82) is 0 Å². The molecular formula is C10H9F3N2O2. The second kappa shape index (κ2) is 3.92. The lowest BCUT2D eigenvalue weighted by molar-refractivity contribution is -0.143. The first-order chi connectivity index (χ1) is 7.85. The average Bonchev–Trinajstić information content (AvgIpc) is 2.54. The van der Waals surface area contributed by atoms with Crippen molar-refractivity contribution in [3.8, 4) is 0 Å². The molecule has 92 valence electrons. The molecule has 0 radical (unpaired) electrons. The fourth-order valence-electron chi connectivity index (χ4n) is 1.68. The second-order valence-electron chi connectivity index (χ2n) is 3.76. The molecule has 0 aromatic heterocycles. The number of carbonyl (C=O) groups is 1. The summed E-state index contributed by atoms with van der Waals surface area (Å²) in [7, 11) is 0. The van der Waals surface area contributed by atoms with Crippen LogP contribution in [-0.2, 0) is 6.54 Å². The highest BCUT2D eigenvalue weighted by atomic mass is 19.4. The molecule has 2 N–H and O–H groups in total. The van der Waals surface area contributed by atoms with Crippen molar-refractivity contribution in [2.75, 3.05) is 12.0 Å². The van der Waals surface area contributed by atoms with Gasteiger partial charge in [-0.15, -0.1) is 0 Å². The van der Waals surface area contributed by atoms with Crippen molar-refractivity contribution < 1.29 is 23.1 Å². The molecular weight excluding hydrogens is 237 g/mol. The highest BCUT2D eigenvalue weighted by molar-refractivity contribution is 5.89. The summed E-state index contributed by atoms with van der Waals surface area (Å²) in [4.78, 5) is 10.7. The number of aromatic carboxylic acids is 1. The van der Waals surface area contributed by atoms with Gasteiger partial charge >= 0.3 is 12.1 Å². The third-order valence-electron chi connectivity index (χ3n) is 2.37. The quantitative estimate of drug-likeness (QED) is 0.839. The van der Waals surface area contributed by atoms with Gasteiger partial charge in [-0.2, -0.15) is 13.2 Å². The summed E-state index contributed by atoms with van der Waals surface area (Å²) in [6.45, 7) is -0.973. The summed E-state index contributed by atoms with van der Waals surface area (Å²) in [5.41, 5.74) is 3.65. The molecule has 4 nitrogen and oxygen atoms in total. The molecule has 2 rings (SSSR count). The first-order valence-electron chi connectivity index (χ1n) is 4.80. The Morgan fingerprint density at radius 1 is 1.47 bits per heavy atom. The molecule has 0 spiro atoms. The predicted molar refractivity (Wildman–Crippen MR) is 53.5 cm³/mol. The van der Waals surface area contributed by atoms with Crippen LogP contribution in [0.4, 0.5) is 18.9 Å². The Bertz CT molecular complexity index is 459. The van der Waals surface area contributed by atoms with Gasteiger partial charge in [0.2, 0.25) is 0 Å². The molecule has 0 bridgehead atoms. The van der Waals surface area contributed by atoms with E-state index < -0.39 is 18.7 Å². The lowest BCUT2D eigenvalue weighted by atomic mass is 10.1. The average molecular weight is 246 g/mol. The van der Waals surface area contributed by atoms with Crippen molar-refractivity contribution in [3.63, 3.8) is 0 Å². The summed E-state index contributed by atoms with van der Waals surface area (Å²) in [5, 5.41) is 9.74. The number of hydrogen-bond donors (Lipinski definition) is 2. The maximum Gasteiger partial charge on any atom is 0.403 e. The summed E-state index contributed by atoms with van der Waals surface area (Å²) >= 11 is 0. The molecule has 0 unspecified atom stereocenters. The fourth-order valence-corrected chi connectivity index (χ4v) is 1.68. The number of alkyl halides is 3. The third-order valence-corrected chi connectivity index (χ3v) is 2.37. The first kappa shape index (κ1) is 11.7. The van der Waals surface area contributed by atoms with Crippen LogP contribution in [0.15, 0.2) is 18.2 Å². The zero-order valence-electron chi connectivity index (χ0n) is 8.58. The molecule has 0 saturated heterocycles. The van der Waals surface area contributed by atoms with E-state index in [1.807, 2.05) is 0 Å². The second-order valence-corrected chi connectivity index (χ2v) is 3.76. The standard InChI is InChI=1S/C10H9F3N2O2/c11-10(12,13)5-15-4-7-2-1-6(9(16)17)3-8(7)14-15/h1-3,14H,4-5H2,(H,16,17). The minimum atomic E-state index is -4.29. The fraction of sp³-hybridized carbons (Fsp3) is 0.300. The summed E-state index contributed by atoms with van der Waals surface area (Å²) in [6.07, 6.45) is -4.29. The smallest absolute Gasteiger partial charge is 0.403 e. The molecule has 0 aliphatic carbocycles. The Balaban J connectivity index is 2.14. The molecule has 1 aromatic carbocycles. The summed E-state index contributed by atoms with van der Waals surface area (Å²) in [6, 6.07) is 4.22.